The largest absolute Gasteiger partial charge is 0.343 e. The Balaban J connectivity index is 1.83. The third-order valence-corrected chi connectivity index (χ3v) is 6.50. The molecule has 2 aromatic rings. The van der Waals surface area contributed by atoms with Crippen molar-refractivity contribution in [3.05, 3.63) is 54.4 Å². The van der Waals surface area contributed by atoms with Crippen molar-refractivity contribution in [3.63, 3.8) is 0 Å². The SMILES string of the molecule is CCN(C(=O)c1cncc(N(C)c2ccccc2)c1)C1CCS(=O)(=O)C1. The zero-order valence-corrected chi connectivity index (χ0v) is 15.8. The van der Waals surface area contributed by atoms with Gasteiger partial charge >= 0.3 is 0 Å². The van der Waals surface area contributed by atoms with Crippen LogP contribution in [-0.2, 0) is 9.84 Å². The average Bonchev–Trinajstić information content (AvgIpc) is 3.02. The van der Waals surface area contributed by atoms with E-state index in [4.69, 9.17) is 0 Å². The predicted molar refractivity (Wildman–Crippen MR) is 103 cm³/mol. The second-order valence-corrected chi connectivity index (χ2v) is 8.70. The first-order chi connectivity index (χ1) is 12.4. The molecule has 6 nitrogen and oxygen atoms in total. The topological polar surface area (TPSA) is 70.6 Å². The van der Waals surface area contributed by atoms with Crippen LogP contribution >= 0.6 is 0 Å². The third-order valence-electron chi connectivity index (χ3n) is 4.75. The van der Waals surface area contributed by atoms with E-state index < -0.39 is 9.84 Å². The van der Waals surface area contributed by atoms with E-state index in [1.807, 2.05) is 49.2 Å². The summed E-state index contributed by atoms with van der Waals surface area (Å²) in [7, 11) is -1.12. The number of hydrogen-bond donors (Lipinski definition) is 0. The quantitative estimate of drug-likeness (QED) is 0.805. The summed E-state index contributed by atoms with van der Waals surface area (Å²) in [5, 5.41) is 0. The lowest BCUT2D eigenvalue weighted by Gasteiger charge is -2.27. The van der Waals surface area contributed by atoms with Crippen LogP contribution in [0.15, 0.2) is 48.8 Å². The molecule has 0 saturated carbocycles. The Morgan fingerprint density at radius 3 is 2.54 bits per heavy atom. The van der Waals surface area contributed by atoms with Gasteiger partial charge in [0, 0.05) is 31.5 Å². The van der Waals surface area contributed by atoms with Gasteiger partial charge in [-0.3, -0.25) is 9.78 Å². The van der Waals surface area contributed by atoms with Gasteiger partial charge in [0.15, 0.2) is 9.84 Å². The number of carbonyl (C=O) groups is 1. The minimum atomic E-state index is -3.04. The van der Waals surface area contributed by atoms with Gasteiger partial charge in [0.2, 0.25) is 0 Å². The highest BCUT2D eigenvalue weighted by Crippen LogP contribution is 2.25. The Kier molecular flexibility index (Phi) is 5.27. The fourth-order valence-corrected chi connectivity index (χ4v) is 5.01. The number of hydrogen-bond acceptors (Lipinski definition) is 5. The van der Waals surface area contributed by atoms with Crippen LogP contribution < -0.4 is 4.90 Å². The molecule has 1 atom stereocenters. The normalized spacial score (nSPS) is 18.5. The first-order valence-corrected chi connectivity index (χ1v) is 10.5. The summed E-state index contributed by atoms with van der Waals surface area (Å²) in [6, 6.07) is 11.4. The Hall–Kier alpha value is -2.41. The number of pyridine rings is 1. The summed E-state index contributed by atoms with van der Waals surface area (Å²) in [5.41, 5.74) is 2.27. The van der Waals surface area contributed by atoms with Crippen molar-refractivity contribution in [1.29, 1.82) is 0 Å². The molecule has 1 amide bonds. The minimum absolute atomic E-state index is 0.0453. The molecular weight excluding hydrogens is 350 g/mol. The lowest BCUT2D eigenvalue weighted by atomic mass is 10.1. The molecule has 138 valence electrons. The van der Waals surface area contributed by atoms with E-state index in [1.54, 1.807) is 17.2 Å². The van der Waals surface area contributed by atoms with E-state index >= 15 is 0 Å². The molecule has 26 heavy (non-hydrogen) atoms. The maximum atomic E-state index is 13.0. The number of aromatic nitrogens is 1. The Morgan fingerprint density at radius 2 is 1.92 bits per heavy atom. The molecule has 1 saturated heterocycles. The Morgan fingerprint density at radius 1 is 1.19 bits per heavy atom. The summed E-state index contributed by atoms with van der Waals surface area (Å²) in [4.78, 5) is 20.8. The van der Waals surface area contributed by atoms with Gasteiger partial charge < -0.3 is 9.80 Å². The van der Waals surface area contributed by atoms with Gasteiger partial charge in [-0.05, 0) is 31.5 Å². The molecule has 1 aromatic carbocycles. The van der Waals surface area contributed by atoms with Crippen LogP contribution in [0, 0.1) is 0 Å². The van der Waals surface area contributed by atoms with E-state index in [-0.39, 0.29) is 23.5 Å². The molecule has 1 aromatic heterocycles. The molecular formula is C19H23N3O3S. The third kappa shape index (κ3) is 3.88. The number of para-hydroxylation sites is 1. The monoisotopic (exact) mass is 373 g/mol. The van der Waals surface area contributed by atoms with Crippen LogP contribution in [0.1, 0.15) is 23.7 Å². The summed E-state index contributed by atoms with van der Waals surface area (Å²) < 4.78 is 23.5. The predicted octanol–water partition coefficient (Wildman–Crippen LogP) is 2.50. The van der Waals surface area contributed by atoms with E-state index in [1.165, 1.54) is 6.20 Å². The lowest BCUT2D eigenvalue weighted by Crippen LogP contribution is -2.41. The van der Waals surface area contributed by atoms with Crippen molar-refractivity contribution in [2.45, 2.75) is 19.4 Å². The van der Waals surface area contributed by atoms with Crippen molar-refractivity contribution >= 4 is 27.1 Å². The Bertz CT molecular complexity index is 884. The molecule has 0 aliphatic carbocycles. The van der Waals surface area contributed by atoms with Crippen molar-refractivity contribution in [2.24, 2.45) is 0 Å². The number of carbonyl (C=O) groups excluding carboxylic acids is 1. The number of sulfone groups is 1. The molecule has 1 aliphatic rings. The Labute approximate surface area is 154 Å². The summed E-state index contributed by atoms with van der Waals surface area (Å²) in [6.07, 6.45) is 3.75. The minimum Gasteiger partial charge on any atom is -0.343 e. The van der Waals surface area contributed by atoms with Crippen LogP contribution in [0.25, 0.3) is 0 Å². The molecule has 0 bridgehead atoms. The van der Waals surface area contributed by atoms with Gasteiger partial charge in [0.05, 0.1) is 29.0 Å². The van der Waals surface area contributed by atoms with E-state index in [0.29, 0.717) is 18.5 Å². The maximum absolute atomic E-state index is 13.0. The number of benzene rings is 1. The molecule has 2 heterocycles. The molecule has 3 rings (SSSR count). The molecule has 1 fully saturated rings. The highest BCUT2D eigenvalue weighted by molar-refractivity contribution is 7.91. The van der Waals surface area contributed by atoms with E-state index in [9.17, 15) is 13.2 Å². The molecule has 0 N–H and O–H groups in total. The van der Waals surface area contributed by atoms with E-state index in [0.717, 1.165) is 11.4 Å². The number of amides is 1. The van der Waals surface area contributed by atoms with Crippen LogP contribution in [0.2, 0.25) is 0 Å². The molecule has 0 spiro atoms. The average molecular weight is 373 g/mol. The number of nitrogens with zero attached hydrogens (tertiary/aromatic N) is 3. The van der Waals surface area contributed by atoms with Gasteiger partial charge in [-0.25, -0.2) is 8.42 Å². The van der Waals surface area contributed by atoms with Crippen molar-refractivity contribution < 1.29 is 13.2 Å². The fraction of sp³-hybridized carbons (Fsp3) is 0.368. The summed E-state index contributed by atoms with van der Waals surface area (Å²) in [5.74, 6) is 0.0190. The van der Waals surface area contributed by atoms with Crippen LogP contribution in [0.5, 0.6) is 0 Å². The van der Waals surface area contributed by atoms with Crippen molar-refractivity contribution in [2.75, 3.05) is 30.0 Å². The van der Waals surface area contributed by atoms with Crippen LogP contribution in [0.3, 0.4) is 0 Å². The summed E-state index contributed by atoms with van der Waals surface area (Å²) in [6.45, 7) is 2.34. The summed E-state index contributed by atoms with van der Waals surface area (Å²) >= 11 is 0. The molecule has 7 heteroatoms. The van der Waals surface area contributed by atoms with Gasteiger partial charge in [0.25, 0.3) is 5.91 Å². The molecule has 1 aliphatic heterocycles. The van der Waals surface area contributed by atoms with Gasteiger partial charge in [-0.15, -0.1) is 0 Å². The number of anilines is 2. The molecule has 1 unspecified atom stereocenters. The van der Waals surface area contributed by atoms with Gasteiger partial charge in [-0.2, -0.15) is 0 Å². The molecule has 0 radical (unpaired) electrons. The second kappa shape index (κ2) is 7.45. The first kappa shape index (κ1) is 18.4. The lowest BCUT2D eigenvalue weighted by molar-refractivity contribution is 0.0708. The zero-order chi connectivity index (χ0) is 18.7. The fourth-order valence-electron chi connectivity index (χ4n) is 3.28. The standard InChI is InChI=1S/C19H23N3O3S/c1-3-22(17-9-10-26(24,25)14-17)19(23)15-11-18(13-20-12-15)21(2)16-7-5-4-6-8-16/h4-8,11-13,17H,3,9-10,14H2,1-2H3. The second-order valence-electron chi connectivity index (χ2n) is 6.47. The smallest absolute Gasteiger partial charge is 0.255 e. The van der Waals surface area contributed by atoms with Gasteiger partial charge in [-0.1, -0.05) is 18.2 Å². The van der Waals surface area contributed by atoms with E-state index in [2.05, 4.69) is 4.98 Å². The highest BCUT2D eigenvalue weighted by atomic mass is 32.2. The van der Waals surface area contributed by atoms with Crippen molar-refractivity contribution in [1.82, 2.24) is 9.88 Å². The zero-order valence-electron chi connectivity index (χ0n) is 15.0. The maximum Gasteiger partial charge on any atom is 0.255 e. The van der Waals surface area contributed by atoms with Gasteiger partial charge in [0.1, 0.15) is 0 Å². The number of rotatable bonds is 5. The van der Waals surface area contributed by atoms with Crippen molar-refractivity contribution in [3.8, 4) is 0 Å². The van der Waals surface area contributed by atoms with Crippen LogP contribution in [-0.4, -0.2) is 55.3 Å². The highest BCUT2D eigenvalue weighted by Gasteiger charge is 2.34. The van der Waals surface area contributed by atoms with Crippen LogP contribution in [0.4, 0.5) is 11.4 Å². The first-order valence-electron chi connectivity index (χ1n) is 8.66.